The number of benzene rings is 2. The predicted molar refractivity (Wildman–Crippen MR) is 89.7 cm³/mol. The van der Waals surface area contributed by atoms with Crippen molar-refractivity contribution >= 4 is 0 Å². The topological polar surface area (TPSA) is 38.5 Å². The lowest BCUT2D eigenvalue weighted by molar-refractivity contribution is 0.205. The van der Waals surface area contributed by atoms with Crippen molar-refractivity contribution in [1.82, 2.24) is 4.90 Å². The molecule has 3 nitrogen and oxygen atoms in total. The summed E-state index contributed by atoms with van der Waals surface area (Å²) in [5, 5.41) is 0. The average Bonchev–Trinajstić information content (AvgIpc) is 2.57. The third-order valence-corrected chi connectivity index (χ3v) is 4.21. The number of hydrogen-bond acceptors (Lipinski definition) is 3. The van der Waals surface area contributed by atoms with Gasteiger partial charge in [0.15, 0.2) is 0 Å². The molecule has 22 heavy (non-hydrogen) atoms. The zero-order chi connectivity index (χ0) is 15.2. The maximum atomic E-state index is 5.95. The molecule has 0 aromatic heterocycles. The summed E-state index contributed by atoms with van der Waals surface area (Å²) < 4.78 is 5.82. The molecule has 1 heterocycles. The number of nitrogens with two attached hydrogens (primary N) is 1. The third kappa shape index (κ3) is 4.33. The van der Waals surface area contributed by atoms with Crippen LogP contribution >= 0.6 is 0 Å². The molecule has 2 N–H and O–H groups in total. The Kier molecular flexibility index (Phi) is 5.09. The molecular formula is C19H24N2O. The summed E-state index contributed by atoms with van der Waals surface area (Å²) in [6.45, 7) is 3.83. The van der Waals surface area contributed by atoms with Crippen molar-refractivity contribution in [2.24, 2.45) is 5.73 Å². The molecule has 0 amide bonds. The second-order valence-electron chi connectivity index (χ2n) is 6.03. The van der Waals surface area contributed by atoms with Crippen LogP contribution in [-0.4, -0.2) is 24.0 Å². The molecule has 0 unspecified atom stereocenters. The summed E-state index contributed by atoms with van der Waals surface area (Å²) in [5.41, 5.74) is 8.47. The van der Waals surface area contributed by atoms with Crippen molar-refractivity contribution in [1.29, 1.82) is 0 Å². The van der Waals surface area contributed by atoms with E-state index in [0.717, 1.165) is 38.2 Å². The van der Waals surface area contributed by atoms with Crippen molar-refractivity contribution in [3.63, 3.8) is 0 Å². The first-order valence-corrected chi connectivity index (χ1v) is 8.03. The number of ether oxygens (including phenoxy) is 1. The molecule has 3 heteroatoms. The first-order chi connectivity index (χ1) is 10.8. The van der Waals surface area contributed by atoms with Gasteiger partial charge in [0.2, 0.25) is 0 Å². The van der Waals surface area contributed by atoms with Gasteiger partial charge in [-0.25, -0.2) is 0 Å². The van der Waals surface area contributed by atoms with Gasteiger partial charge in [-0.3, -0.25) is 4.90 Å². The molecule has 1 aliphatic heterocycles. The minimum absolute atomic E-state index is 0.394. The predicted octanol–water partition coefficient (Wildman–Crippen LogP) is 3.19. The molecule has 3 rings (SSSR count). The van der Waals surface area contributed by atoms with Crippen molar-refractivity contribution in [3.05, 3.63) is 65.7 Å². The first kappa shape index (κ1) is 15.1. The molecule has 1 saturated heterocycles. The lowest BCUT2D eigenvalue weighted by atomic mass is 10.1. The van der Waals surface area contributed by atoms with E-state index >= 15 is 0 Å². The number of rotatable bonds is 5. The van der Waals surface area contributed by atoms with E-state index in [0.29, 0.717) is 12.6 Å². The van der Waals surface area contributed by atoms with Gasteiger partial charge in [-0.05, 0) is 49.2 Å². The van der Waals surface area contributed by atoms with Crippen molar-refractivity contribution < 1.29 is 4.74 Å². The Labute approximate surface area is 132 Å². The molecule has 0 saturated carbocycles. The van der Waals surface area contributed by atoms with Crippen molar-refractivity contribution in [2.75, 3.05) is 13.1 Å². The highest BCUT2D eigenvalue weighted by Crippen LogP contribution is 2.17. The summed E-state index contributed by atoms with van der Waals surface area (Å²) in [5.74, 6) is 0.924. The summed E-state index contributed by atoms with van der Waals surface area (Å²) in [7, 11) is 0. The van der Waals surface area contributed by atoms with Crippen LogP contribution < -0.4 is 10.5 Å². The van der Waals surface area contributed by atoms with Crippen LogP contribution in [0.4, 0.5) is 0 Å². The van der Waals surface area contributed by atoms with Gasteiger partial charge in [0.25, 0.3) is 0 Å². The second-order valence-corrected chi connectivity index (χ2v) is 6.03. The smallest absolute Gasteiger partial charge is 0.119 e. The fraction of sp³-hybridized carbons (Fsp3) is 0.368. The quantitative estimate of drug-likeness (QED) is 0.921. The molecule has 0 radical (unpaired) electrons. The van der Waals surface area contributed by atoms with Crippen LogP contribution in [0.25, 0.3) is 0 Å². The molecule has 0 spiro atoms. The van der Waals surface area contributed by atoms with E-state index in [2.05, 4.69) is 41.3 Å². The van der Waals surface area contributed by atoms with Crippen LogP contribution in [0.15, 0.2) is 54.6 Å². The van der Waals surface area contributed by atoms with Crippen LogP contribution in [0.3, 0.4) is 0 Å². The minimum Gasteiger partial charge on any atom is -0.489 e. The Hall–Kier alpha value is -1.84. The zero-order valence-electron chi connectivity index (χ0n) is 12.9. The van der Waals surface area contributed by atoms with Gasteiger partial charge in [-0.2, -0.15) is 0 Å². The summed E-state index contributed by atoms with van der Waals surface area (Å²) >= 11 is 0. The van der Waals surface area contributed by atoms with Gasteiger partial charge in [0.05, 0.1) is 0 Å². The van der Waals surface area contributed by atoms with Crippen LogP contribution in [0.1, 0.15) is 24.0 Å². The molecule has 2 aromatic rings. The van der Waals surface area contributed by atoms with Gasteiger partial charge < -0.3 is 10.5 Å². The molecule has 1 aliphatic rings. The maximum Gasteiger partial charge on any atom is 0.119 e. The molecule has 116 valence electrons. The second kappa shape index (κ2) is 7.43. The van der Waals surface area contributed by atoms with Gasteiger partial charge in [-0.15, -0.1) is 0 Å². The Morgan fingerprint density at radius 2 is 1.59 bits per heavy atom. The van der Waals surface area contributed by atoms with E-state index in [1.54, 1.807) is 0 Å². The molecule has 1 fully saturated rings. The van der Waals surface area contributed by atoms with E-state index in [9.17, 15) is 0 Å². The number of hydrogen-bond donors (Lipinski definition) is 1. The van der Waals surface area contributed by atoms with E-state index in [-0.39, 0.29) is 0 Å². The van der Waals surface area contributed by atoms with Gasteiger partial charge in [-0.1, -0.05) is 42.5 Å². The fourth-order valence-electron chi connectivity index (χ4n) is 2.80. The lowest BCUT2D eigenvalue weighted by Crippen LogP contribution is -2.39. The fourth-order valence-corrected chi connectivity index (χ4v) is 2.80. The lowest BCUT2D eigenvalue weighted by Gasteiger charge is -2.30. The standard InChI is InChI=1S/C19H24N2O/c20-18-10-12-21(13-11-18)14-16-6-8-19(9-7-16)22-15-17-4-2-1-3-5-17/h1-9,18H,10-15,20H2. The highest BCUT2D eigenvalue weighted by Gasteiger charge is 2.15. The van der Waals surface area contributed by atoms with Gasteiger partial charge >= 0.3 is 0 Å². The Morgan fingerprint density at radius 3 is 2.27 bits per heavy atom. The highest BCUT2D eigenvalue weighted by molar-refractivity contribution is 5.27. The SMILES string of the molecule is NC1CCN(Cc2ccc(OCc3ccccc3)cc2)CC1. The normalized spacial score (nSPS) is 16.6. The van der Waals surface area contributed by atoms with E-state index in [4.69, 9.17) is 10.5 Å². The molecule has 0 atom stereocenters. The monoisotopic (exact) mass is 296 g/mol. The van der Waals surface area contributed by atoms with Gasteiger partial charge in [0, 0.05) is 12.6 Å². The Bertz CT molecular complexity index is 560. The third-order valence-electron chi connectivity index (χ3n) is 4.21. The van der Waals surface area contributed by atoms with Crippen molar-refractivity contribution in [2.45, 2.75) is 32.0 Å². The van der Waals surface area contributed by atoms with E-state index in [1.165, 1.54) is 11.1 Å². The Balaban J connectivity index is 1.50. The minimum atomic E-state index is 0.394. The number of piperidine rings is 1. The molecule has 0 bridgehead atoms. The number of likely N-dealkylation sites (tertiary alicyclic amines) is 1. The maximum absolute atomic E-state index is 5.95. The van der Waals surface area contributed by atoms with Crippen LogP contribution in [0.5, 0.6) is 5.75 Å². The summed E-state index contributed by atoms with van der Waals surface area (Å²) in [6.07, 6.45) is 2.22. The van der Waals surface area contributed by atoms with Crippen molar-refractivity contribution in [3.8, 4) is 5.75 Å². The van der Waals surface area contributed by atoms with E-state index in [1.807, 2.05) is 18.2 Å². The average molecular weight is 296 g/mol. The molecule has 2 aromatic carbocycles. The Morgan fingerprint density at radius 1 is 0.909 bits per heavy atom. The highest BCUT2D eigenvalue weighted by atomic mass is 16.5. The summed E-state index contributed by atoms with van der Waals surface area (Å²) in [4.78, 5) is 2.48. The number of nitrogens with zero attached hydrogens (tertiary/aromatic N) is 1. The van der Waals surface area contributed by atoms with Crippen LogP contribution in [0.2, 0.25) is 0 Å². The summed E-state index contributed by atoms with van der Waals surface area (Å²) in [6, 6.07) is 19.1. The van der Waals surface area contributed by atoms with Gasteiger partial charge in [0.1, 0.15) is 12.4 Å². The van der Waals surface area contributed by atoms with Crippen LogP contribution in [-0.2, 0) is 13.2 Å². The first-order valence-electron chi connectivity index (χ1n) is 8.03. The van der Waals surface area contributed by atoms with E-state index < -0.39 is 0 Å². The molecular weight excluding hydrogens is 272 g/mol. The van der Waals surface area contributed by atoms with Crippen LogP contribution in [0, 0.1) is 0 Å². The zero-order valence-corrected chi connectivity index (χ0v) is 12.9. The largest absolute Gasteiger partial charge is 0.489 e. The molecule has 0 aliphatic carbocycles.